The number of hydrogen-bond donors (Lipinski definition) is 2. The van der Waals surface area contributed by atoms with E-state index in [1.165, 1.54) is 17.7 Å². The van der Waals surface area contributed by atoms with Crippen LogP contribution in [0.3, 0.4) is 0 Å². The van der Waals surface area contributed by atoms with Crippen LogP contribution in [0.2, 0.25) is 0 Å². The number of rotatable bonds is 7. The number of aromatic nitrogens is 4. The minimum Gasteiger partial charge on any atom is -0.383 e. The number of carbonyl (C=O) groups is 2. The topological polar surface area (TPSA) is 136 Å². The van der Waals surface area contributed by atoms with Crippen LogP contribution >= 0.6 is 0 Å². The zero-order chi connectivity index (χ0) is 28.0. The number of carbonyl (C=O) groups excluding carboxylic acids is 2. The van der Waals surface area contributed by atoms with Gasteiger partial charge >= 0.3 is 0 Å². The molecule has 3 N–H and O–H groups in total. The van der Waals surface area contributed by atoms with Gasteiger partial charge in [0.25, 0.3) is 0 Å². The lowest BCUT2D eigenvalue weighted by molar-refractivity contribution is -0.134. The van der Waals surface area contributed by atoms with Crippen molar-refractivity contribution in [2.45, 2.75) is 50.6 Å². The first kappa shape index (κ1) is 26.3. The van der Waals surface area contributed by atoms with Crippen molar-refractivity contribution in [3.8, 4) is 22.4 Å². The van der Waals surface area contributed by atoms with E-state index >= 15 is 0 Å². The highest BCUT2D eigenvalue weighted by molar-refractivity contribution is 7.82. The molecule has 0 radical (unpaired) electrons. The Morgan fingerprint density at radius 2 is 1.77 bits per heavy atom. The number of pyridine rings is 1. The van der Waals surface area contributed by atoms with E-state index < -0.39 is 11.0 Å². The number of piperidine rings is 1. The normalized spacial score (nSPS) is 21.1. The maximum Gasteiger partial charge on any atom is 0.238 e. The summed E-state index contributed by atoms with van der Waals surface area (Å²) in [6, 6.07) is 14.0. The Morgan fingerprint density at radius 1 is 1.05 bits per heavy atom. The lowest BCUT2D eigenvalue weighted by atomic mass is 9.85. The average Bonchev–Trinajstić information content (AvgIpc) is 3.50. The number of nitrogens with zero attached hydrogens (tertiary/aromatic N) is 5. The van der Waals surface area contributed by atoms with E-state index in [4.69, 9.17) is 10.7 Å². The minimum atomic E-state index is -1.25. The molecule has 3 atom stereocenters. The second-order valence-corrected chi connectivity index (χ2v) is 11.7. The first-order chi connectivity index (χ1) is 19.3. The van der Waals surface area contributed by atoms with Crippen LogP contribution in [0.15, 0.2) is 54.9 Å². The van der Waals surface area contributed by atoms with Gasteiger partial charge in [0.1, 0.15) is 5.82 Å². The van der Waals surface area contributed by atoms with Gasteiger partial charge in [-0.15, -0.1) is 0 Å². The predicted octanol–water partition coefficient (Wildman–Crippen LogP) is 3.36. The molecule has 10 nitrogen and oxygen atoms in total. The van der Waals surface area contributed by atoms with Gasteiger partial charge in [-0.3, -0.25) is 14.6 Å². The van der Waals surface area contributed by atoms with Crippen molar-refractivity contribution in [3.63, 3.8) is 0 Å². The molecule has 5 heterocycles. The van der Waals surface area contributed by atoms with Crippen molar-refractivity contribution in [1.82, 2.24) is 29.2 Å². The summed E-state index contributed by atoms with van der Waals surface area (Å²) in [5, 5.41) is 4.48. The Morgan fingerprint density at radius 3 is 2.40 bits per heavy atom. The monoisotopic (exact) mass is 557 g/mol. The summed E-state index contributed by atoms with van der Waals surface area (Å²) in [5.74, 6) is 0.0455. The van der Waals surface area contributed by atoms with E-state index in [9.17, 15) is 13.8 Å². The van der Waals surface area contributed by atoms with Crippen molar-refractivity contribution in [3.05, 3.63) is 66.1 Å². The van der Waals surface area contributed by atoms with Crippen molar-refractivity contribution in [1.29, 1.82) is 0 Å². The van der Waals surface area contributed by atoms with E-state index in [0.29, 0.717) is 29.7 Å². The van der Waals surface area contributed by atoms with E-state index in [-0.39, 0.29) is 42.1 Å². The molecular weight excluding hydrogens is 526 g/mol. The number of nitrogens with two attached hydrogens (primary N) is 1. The van der Waals surface area contributed by atoms with Gasteiger partial charge < -0.3 is 10.6 Å². The SMILES string of the molecule is CC(=O)c1c(C2CC3CCC(C2)N3C(=O)CNS(C)=O)nc2c(-c3ccc(-c4ccccc4)nc3)cnn2c1N. The Labute approximate surface area is 234 Å². The molecule has 2 bridgehead atoms. The molecule has 1 aromatic carbocycles. The molecule has 40 heavy (non-hydrogen) atoms. The van der Waals surface area contributed by atoms with Gasteiger partial charge in [0.15, 0.2) is 11.4 Å². The lowest BCUT2D eigenvalue weighted by Crippen LogP contribution is -2.49. The molecule has 2 aliphatic rings. The van der Waals surface area contributed by atoms with Crippen LogP contribution in [0.1, 0.15) is 54.6 Å². The molecule has 2 fully saturated rings. The van der Waals surface area contributed by atoms with Gasteiger partial charge in [-0.25, -0.2) is 13.9 Å². The highest BCUT2D eigenvalue weighted by Crippen LogP contribution is 2.44. The lowest BCUT2D eigenvalue weighted by Gasteiger charge is -2.39. The summed E-state index contributed by atoms with van der Waals surface area (Å²) in [6.45, 7) is 1.55. The van der Waals surface area contributed by atoms with E-state index in [2.05, 4.69) is 14.8 Å². The number of hydrogen-bond acceptors (Lipinski definition) is 7. The zero-order valence-corrected chi connectivity index (χ0v) is 23.2. The Kier molecular flexibility index (Phi) is 6.93. The smallest absolute Gasteiger partial charge is 0.238 e. The third-order valence-electron chi connectivity index (χ3n) is 8.04. The van der Waals surface area contributed by atoms with Crippen LogP contribution in [0, 0.1) is 0 Å². The Hall–Kier alpha value is -3.96. The maximum atomic E-state index is 12.9. The summed E-state index contributed by atoms with van der Waals surface area (Å²) in [6.07, 6.45) is 8.20. The Bertz CT molecular complexity index is 1610. The van der Waals surface area contributed by atoms with Crippen LogP contribution in [-0.4, -0.2) is 65.3 Å². The van der Waals surface area contributed by atoms with Crippen LogP contribution < -0.4 is 10.5 Å². The molecule has 2 saturated heterocycles. The van der Waals surface area contributed by atoms with Gasteiger partial charge in [-0.1, -0.05) is 36.4 Å². The largest absolute Gasteiger partial charge is 0.383 e. The summed E-state index contributed by atoms with van der Waals surface area (Å²) in [5.41, 5.74) is 11.7. The molecule has 0 spiro atoms. The van der Waals surface area contributed by atoms with Crippen LogP contribution in [0.4, 0.5) is 5.82 Å². The fourth-order valence-electron chi connectivity index (χ4n) is 6.29. The van der Waals surface area contributed by atoms with Gasteiger partial charge in [0.2, 0.25) is 5.91 Å². The number of fused-ring (bicyclic) bond motifs is 3. The van der Waals surface area contributed by atoms with Crippen molar-refractivity contribution >= 4 is 34.1 Å². The molecule has 1 amide bonds. The molecule has 0 saturated carbocycles. The van der Waals surface area contributed by atoms with Crippen LogP contribution in [-0.2, 0) is 15.8 Å². The zero-order valence-electron chi connectivity index (χ0n) is 22.4. The average molecular weight is 558 g/mol. The molecule has 0 aliphatic carbocycles. The van der Waals surface area contributed by atoms with Crippen molar-refractivity contribution < 1.29 is 13.8 Å². The Balaban J connectivity index is 1.35. The number of nitrogens with one attached hydrogen (secondary N) is 1. The summed E-state index contributed by atoms with van der Waals surface area (Å²) < 4.78 is 15.7. The molecule has 3 aromatic heterocycles. The van der Waals surface area contributed by atoms with Crippen molar-refractivity contribution in [2.24, 2.45) is 0 Å². The fourth-order valence-corrected chi connectivity index (χ4v) is 6.61. The number of benzene rings is 1. The summed E-state index contributed by atoms with van der Waals surface area (Å²) in [7, 11) is -1.25. The first-order valence-electron chi connectivity index (χ1n) is 13.4. The second-order valence-electron chi connectivity index (χ2n) is 10.5. The minimum absolute atomic E-state index is 0.0256. The molecule has 11 heteroatoms. The quantitative estimate of drug-likeness (QED) is 0.333. The number of amides is 1. The van der Waals surface area contributed by atoms with Crippen LogP contribution in [0.25, 0.3) is 28.0 Å². The van der Waals surface area contributed by atoms with Gasteiger partial charge in [0.05, 0.1) is 40.7 Å². The van der Waals surface area contributed by atoms with E-state index in [0.717, 1.165) is 35.2 Å². The molecule has 6 rings (SSSR count). The summed E-state index contributed by atoms with van der Waals surface area (Å²) in [4.78, 5) is 37.4. The highest BCUT2D eigenvalue weighted by Gasteiger charge is 2.44. The van der Waals surface area contributed by atoms with Crippen molar-refractivity contribution in [2.75, 3.05) is 18.5 Å². The molecule has 3 unspecified atom stereocenters. The predicted molar refractivity (Wildman–Crippen MR) is 154 cm³/mol. The summed E-state index contributed by atoms with van der Waals surface area (Å²) >= 11 is 0. The number of ketones is 1. The van der Waals surface area contributed by atoms with E-state index in [1.807, 2.05) is 47.4 Å². The van der Waals surface area contributed by atoms with Gasteiger partial charge in [0, 0.05) is 47.1 Å². The maximum absolute atomic E-state index is 12.9. The van der Waals surface area contributed by atoms with E-state index in [1.54, 1.807) is 12.4 Å². The second kappa shape index (κ2) is 10.5. The number of Topliss-reactive ketones (excluding diaryl/α,β-unsaturated/α-hetero) is 1. The third-order valence-corrected chi connectivity index (χ3v) is 8.59. The fraction of sp³-hybridized carbons (Fsp3) is 0.345. The first-order valence-corrected chi connectivity index (χ1v) is 15.0. The molecule has 2 aliphatic heterocycles. The highest BCUT2D eigenvalue weighted by atomic mass is 32.2. The van der Waals surface area contributed by atoms with Gasteiger partial charge in [-0.2, -0.15) is 9.61 Å². The molecular formula is C29H31N7O3S. The number of anilines is 1. The van der Waals surface area contributed by atoms with Crippen LogP contribution in [0.5, 0.6) is 0 Å². The standard InChI is InChI=1S/C29H31N7O3S/c1-17(37)26-27(20-12-21-9-10-22(13-20)35(21)25(38)16-33-40(2)39)34-29-23(15-32-36(29)28(26)30)19-8-11-24(31-14-19)18-6-4-3-5-7-18/h3-8,11,14-15,20-22,33H,9-10,12-13,16,30H2,1-2H3. The molecule has 206 valence electrons. The van der Waals surface area contributed by atoms with Gasteiger partial charge in [-0.05, 0) is 38.7 Å². The third kappa shape index (κ3) is 4.69. The number of nitrogen functional groups attached to an aromatic ring is 1. The molecule has 4 aromatic rings.